The second-order valence-electron chi connectivity index (χ2n) is 5.31. The van der Waals surface area contributed by atoms with Crippen molar-refractivity contribution in [1.82, 2.24) is 5.32 Å². The van der Waals surface area contributed by atoms with Crippen LogP contribution in [0.15, 0.2) is 33.2 Å². The number of methoxy groups -OCH3 is 1. The Kier molecular flexibility index (Phi) is 4.87. The highest BCUT2D eigenvalue weighted by Crippen LogP contribution is 2.24. The molecule has 1 amide bonds. The number of carbonyl (C=O) groups is 2. The van der Waals surface area contributed by atoms with Crippen molar-refractivity contribution in [2.75, 3.05) is 13.7 Å². The molecule has 0 radical (unpaired) electrons. The average molecular weight is 370 g/mol. The van der Waals surface area contributed by atoms with Crippen molar-refractivity contribution in [3.8, 4) is 0 Å². The van der Waals surface area contributed by atoms with E-state index in [4.69, 9.17) is 14.3 Å². The molecule has 1 heterocycles. The van der Waals surface area contributed by atoms with E-state index in [1.54, 1.807) is 19.1 Å². The molecular weight excluding hydrogens is 354 g/mol. The van der Waals surface area contributed by atoms with Gasteiger partial charge in [0.25, 0.3) is 5.91 Å². The second kappa shape index (κ2) is 6.50. The molecule has 0 saturated heterocycles. The number of nitrogens with one attached hydrogen (secondary N) is 1. The molecule has 2 rings (SSSR count). The lowest BCUT2D eigenvalue weighted by atomic mass is 9.99. The van der Waals surface area contributed by atoms with Crippen LogP contribution in [0, 0.1) is 0 Å². The summed E-state index contributed by atoms with van der Waals surface area (Å²) in [5.41, 5.74) is -0.433. The number of rotatable bonds is 6. The van der Waals surface area contributed by atoms with Crippen LogP contribution >= 0.6 is 15.9 Å². The molecule has 1 unspecified atom stereocenters. The number of ether oxygens (including phenoxy) is 1. The normalized spacial score (nSPS) is 13.8. The van der Waals surface area contributed by atoms with Crippen molar-refractivity contribution in [1.29, 1.82) is 0 Å². The number of hydrogen-bond acceptors (Lipinski definition) is 4. The molecule has 2 aromatic rings. The Morgan fingerprint density at radius 1 is 1.41 bits per heavy atom. The topological polar surface area (TPSA) is 88.8 Å². The summed E-state index contributed by atoms with van der Waals surface area (Å²) in [5, 5.41) is 12.4. The zero-order valence-corrected chi connectivity index (χ0v) is 13.8. The molecule has 1 atom stereocenters. The molecule has 0 spiro atoms. The van der Waals surface area contributed by atoms with Gasteiger partial charge >= 0.3 is 5.97 Å². The number of benzene rings is 1. The van der Waals surface area contributed by atoms with Crippen LogP contribution in [0.5, 0.6) is 0 Å². The van der Waals surface area contributed by atoms with Gasteiger partial charge in [-0.3, -0.25) is 9.59 Å². The standard InChI is InChI=1S/C15H16BrNO5/c1-15(8-21-2,7-13(18)19)17-14(20)12-6-9-5-10(16)3-4-11(9)22-12/h3-6H,7-8H2,1-2H3,(H,17,20)(H,18,19). The number of fused-ring (bicyclic) bond motifs is 1. The molecule has 0 saturated carbocycles. The summed E-state index contributed by atoms with van der Waals surface area (Å²) < 4.78 is 11.4. The Morgan fingerprint density at radius 2 is 2.14 bits per heavy atom. The maximum Gasteiger partial charge on any atom is 0.305 e. The first-order chi connectivity index (χ1) is 10.3. The Bertz CT molecular complexity index is 711. The average Bonchev–Trinajstić information content (AvgIpc) is 2.80. The van der Waals surface area contributed by atoms with Crippen molar-refractivity contribution < 1.29 is 23.8 Å². The lowest BCUT2D eigenvalue weighted by molar-refractivity contribution is -0.139. The van der Waals surface area contributed by atoms with Crippen LogP contribution in [0.2, 0.25) is 0 Å². The van der Waals surface area contributed by atoms with Gasteiger partial charge in [-0.1, -0.05) is 15.9 Å². The minimum absolute atomic E-state index is 0.0802. The van der Waals surface area contributed by atoms with Crippen LogP contribution < -0.4 is 5.32 Å². The van der Waals surface area contributed by atoms with Crippen LogP contribution in [0.25, 0.3) is 11.0 Å². The summed E-state index contributed by atoms with van der Waals surface area (Å²) in [5.74, 6) is -1.37. The van der Waals surface area contributed by atoms with E-state index in [0.29, 0.717) is 5.58 Å². The third kappa shape index (κ3) is 3.86. The lowest BCUT2D eigenvalue weighted by Crippen LogP contribution is -2.50. The van der Waals surface area contributed by atoms with E-state index in [0.717, 1.165) is 9.86 Å². The molecule has 6 nitrogen and oxygen atoms in total. The van der Waals surface area contributed by atoms with Gasteiger partial charge in [-0.25, -0.2) is 0 Å². The maximum atomic E-state index is 12.3. The van der Waals surface area contributed by atoms with E-state index < -0.39 is 17.4 Å². The third-order valence-corrected chi connectivity index (χ3v) is 3.61. The molecule has 0 bridgehead atoms. The van der Waals surface area contributed by atoms with E-state index in [1.807, 2.05) is 12.1 Å². The van der Waals surface area contributed by atoms with Gasteiger partial charge in [0.15, 0.2) is 5.76 Å². The number of carboxylic acids is 1. The summed E-state index contributed by atoms with van der Waals surface area (Å²) in [6, 6.07) is 7.01. The fourth-order valence-corrected chi connectivity index (χ4v) is 2.62. The number of aliphatic carboxylic acids is 1. The van der Waals surface area contributed by atoms with Gasteiger partial charge in [0.1, 0.15) is 5.58 Å². The van der Waals surface area contributed by atoms with Crippen LogP contribution in [0.4, 0.5) is 0 Å². The molecule has 0 aliphatic rings. The number of furan rings is 1. The van der Waals surface area contributed by atoms with E-state index in [2.05, 4.69) is 21.2 Å². The van der Waals surface area contributed by atoms with E-state index in [9.17, 15) is 9.59 Å². The smallest absolute Gasteiger partial charge is 0.305 e. The lowest BCUT2D eigenvalue weighted by Gasteiger charge is -2.27. The first-order valence-corrected chi connectivity index (χ1v) is 7.35. The Morgan fingerprint density at radius 3 is 2.77 bits per heavy atom. The highest BCUT2D eigenvalue weighted by atomic mass is 79.9. The highest BCUT2D eigenvalue weighted by molar-refractivity contribution is 9.10. The number of hydrogen-bond donors (Lipinski definition) is 2. The SMILES string of the molecule is COCC(C)(CC(=O)O)NC(=O)c1cc2cc(Br)ccc2o1. The summed E-state index contributed by atoms with van der Waals surface area (Å²) in [4.78, 5) is 23.3. The van der Waals surface area contributed by atoms with Crippen molar-refractivity contribution >= 4 is 38.8 Å². The van der Waals surface area contributed by atoms with Crippen LogP contribution in [0.3, 0.4) is 0 Å². The third-order valence-electron chi connectivity index (χ3n) is 3.12. The minimum atomic E-state index is -1.02. The van der Waals surface area contributed by atoms with Gasteiger partial charge in [-0.15, -0.1) is 0 Å². The highest BCUT2D eigenvalue weighted by Gasteiger charge is 2.31. The number of halogens is 1. The second-order valence-corrected chi connectivity index (χ2v) is 6.23. The van der Waals surface area contributed by atoms with Gasteiger partial charge < -0.3 is 19.6 Å². The molecule has 2 N–H and O–H groups in total. The molecule has 1 aromatic heterocycles. The van der Waals surface area contributed by atoms with E-state index in [1.165, 1.54) is 7.11 Å². The Balaban J connectivity index is 2.22. The fraction of sp³-hybridized carbons (Fsp3) is 0.333. The number of carbonyl (C=O) groups excluding carboxylic acids is 1. The Hall–Kier alpha value is -1.86. The van der Waals surface area contributed by atoms with Gasteiger partial charge in [0.2, 0.25) is 0 Å². The zero-order chi connectivity index (χ0) is 16.3. The molecule has 1 aromatic carbocycles. The monoisotopic (exact) mass is 369 g/mol. The molecule has 118 valence electrons. The summed E-state index contributed by atoms with van der Waals surface area (Å²) in [6.07, 6.45) is -0.252. The quantitative estimate of drug-likeness (QED) is 0.816. The predicted molar refractivity (Wildman–Crippen MR) is 83.9 cm³/mol. The van der Waals surface area contributed by atoms with Crippen LogP contribution in [-0.4, -0.2) is 36.2 Å². The molecular formula is C15H16BrNO5. The minimum Gasteiger partial charge on any atom is -0.481 e. The van der Waals surface area contributed by atoms with Gasteiger partial charge in [-0.2, -0.15) is 0 Å². The van der Waals surface area contributed by atoms with Crippen molar-refractivity contribution in [2.45, 2.75) is 18.9 Å². The van der Waals surface area contributed by atoms with Crippen molar-refractivity contribution in [3.05, 3.63) is 34.5 Å². The fourth-order valence-electron chi connectivity index (χ4n) is 2.25. The predicted octanol–water partition coefficient (Wildman–Crippen LogP) is 2.80. The molecule has 0 aliphatic heterocycles. The zero-order valence-electron chi connectivity index (χ0n) is 12.2. The van der Waals surface area contributed by atoms with Gasteiger partial charge in [0.05, 0.1) is 18.6 Å². The number of amides is 1. The Labute approximate surface area is 135 Å². The van der Waals surface area contributed by atoms with Gasteiger partial charge in [-0.05, 0) is 31.2 Å². The van der Waals surface area contributed by atoms with Crippen molar-refractivity contribution in [2.24, 2.45) is 0 Å². The van der Waals surface area contributed by atoms with Crippen molar-refractivity contribution in [3.63, 3.8) is 0 Å². The van der Waals surface area contributed by atoms with E-state index >= 15 is 0 Å². The summed E-state index contributed by atoms with van der Waals surface area (Å²) in [7, 11) is 1.45. The van der Waals surface area contributed by atoms with E-state index in [-0.39, 0.29) is 18.8 Å². The molecule has 7 heteroatoms. The molecule has 0 fully saturated rings. The summed E-state index contributed by atoms with van der Waals surface area (Å²) >= 11 is 3.35. The maximum absolute atomic E-state index is 12.3. The number of carboxylic acid groups (broad SMARTS) is 1. The summed E-state index contributed by atoms with van der Waals surface area (Å²) in [6.45, 7) is 1.69. The first kappa shape index (κ1) is 16.5. The van der Waals surface area contributed by atoms with Crippen LogP contribution in [-0.2, 0) is 9.53 Å². The molecule has 22 heavy (non-hydrogen) atoms. The van der Waals surface area contributed by atoms with Gasteiger partial charge in [0, 0.05) is 17.0 Å². The molecule has 0 aliphatic carbocycles. The largest absolute Gasteiger partial charge is 0.481 e. The van der Waals surface area contributed by atoms with Crippen LogP contribution in [0.1, 0.15) is 23.9 Å². The first-order valence-electron chi connectivity index (χ1n) is 6.55.